The van der Waals surface area contributed by atoms with Crippen LogP contribution in [0.25, 0.3) is 10.9 Å². The fraction of sp³-hybridized carbons (Fsp3) is 0.250. The minimum absolute atomic E-state index is 0.0378. The van der Waals surface area contributed by atoms with Crippen LogP contribution in [0.4, 0.5) is 5.69 Å². The molecule has 2 aromatic carbocycles. The third-order valence-corrected chi connectivity index (χ3v) is 4.09. The number of allylic oxidation sites excluding steroid dienone is 1. The highest BCUT2D eigenvalue weighted by molar-refractivity contribution is 5.82. The Morgan fingerprint density at radius 1 is 1.12 bits per heavy atom. The van der Waals surface area contributed by atoms with Crippen molar-refractivity contribution in [2.24, 2.45) is 0 Å². The Morgan fingerprint density at radius 3 is 2.62 bits per heavy atom. The Kier molecular flexibility index (Phi) is 4.85. The Balaban J connectivity index is 2.09. The summed E-state index contributed by atoms with van der Waals surface area (Å²) in [6.07, 6.45) is 2.87. The average Bonchev–Trinajstić information content (AvgIpc) is 2.87. The van der Waals surface area contributed by atoms with Gasteiger partial charge < -0.3 is 5.32 Å². The van der Waals surface area contributed by atoms with Crippen molar-refractivity contribution in [3.63, 3.8) is 0 Å². The van der Waals surface area contributed by atoms with Gasteiger partial charge in [-0.3, -0.25) is 9.48 Å². The molecule has 0 saturated heterocycles. The van der Waals surface area contributed by atoms with Crippen molar-refractivity contribution in [3.05, 3.63) is 77.1 Å². The molecule has 0 fully saturated rings. The van der Waals surface area contributed by atoms with Gasteiger partial charge in [0.25, 0.3) is 5.56 Å². The molecule has 0 amide bonds. The van der Waals surface area contributed by atoms with Crippen LogP contribution in [-0.4, -0.2) is 15.9 Å². The first-order valence-corrected chi connectivity index (χ1v) is 8.36. The molecule has 0 radical (unpaired) electrons. The summed E-state index contributed by atoms with van der Waals surface area (Å²) in [5, 5.41) is 4.09. The third-order valence-electron chi connectivity index (χ3n) is 4.09. The highest BCUT2D eigenvalue weighted by Gasteiger charge is 2.13. The summed E-state index contributed by atoms with van der Waals surface area (Å²) in [4.78, 5) is 12.9. The first-order chi connectivity index (χ1) is 11.7. The van der Waals surface area contributed by atoms with Crippen molar-refractivity contribution in [2.75, 3.05) is 11.9 Å². The van der Waals surface area contributed by atoms with Gasteiger partial charge in [-0.05, 0) is 30.2 Å². The zero-order valence-corrected chi connectivity index (χ0v) is 14.0. The Morgan fingerprint density at radius 2 is 1.92 bits per heavy atom. The average molecular weight is 321 g/mol. The van der Waals surface area contributed by atoms with Crippen LogP contribution < -0.4 is 10.9 Å². The number of nitrogens with one attached hydrogen (secondary N) is 1. The lowest BCUT2D eigenvalue weighted by Crippen LogP contribution is -2.23. The molecule has 1 aromatic heterocycles. The van der Waals surface area contributed by atoms with Crippen molar-refractivity contribution in [2.45, 2.75) is 26.4 Å². The minimum atomic E-state index is 0.0378. The van der Waals surface area contributed by atoms with E-state index < -0.39 is 0 Å². The molecule has 0 aliphatic rings. The van der Waals surface area contributed by atoms with Crippen LogP contribution in [0.1, 0.15) is 18.9 Å². The van der Waals surface area contributed by atoms with Gasteiger partial charge in [0.1, 0.15) is 0 Å². The van der Waals surface area contributed by atoms with Gasteiger partial charge in [0.2, 0.25) is 0 Å². The standard InChI is InChI=1S/C20H23N3O/c1-3-12-21-17-10-11-19-18(14-17)20(24)23(22(19)13-4-2)15-16-8-6-5-7-9-16/h4-11,14,21H,2-3,12-13,15H2,1H3. The first kappa shape index (κ1) is 16.1. The van der Waals surface area contributed by atoms with E-state index in [9.17, 15) is 4.79 Å². The molecule has 0 unspecified atom stereocenters. The summed E-state index contributed by atoms with van der Waals surface area (Å²) < 4.78 is 3.80. The predicted octanol–water partition coefficient (Wildman–Crippen LogP) is 3.86. The number of fused-ring (bicyclic) bond motifs is 1. The number of rotatable bonds is 7. The second kappa shape index (κ2) is 7.21. The van der Waals surface area contributed by atoms with Crippen LogP contribution in [0.3, 0.4) is 0 Å². The van der Waals surface area contributed by atoms with E-state index in [-0.39, 0.29) is 5.56 Å². The number of anilines is 1. The summed E-state index contributed by atoms with van der Waals surface area (Å²) in [7, 11) is 0. The van der Waals surface area contributed by atoms with Gasteiger partial charge in [-0.25, -0.2) is 4.68 Å². The Hall–Kier alpha value is -2.75. The molecule has 24 heavy (non-hydrogen) atoms. The summed E-state index contributed by atoms with van der Waals surface area (Å²) >= 11 is 0. The lowest BCUT2D eigenvalue weighted by molar-refractivity contribution is 0.522. The predicted molar refractivity (Wildman–Crippen MR) is 101 cm³/mol. The Labute approximate surface area is 142 Å². The van der Waals surface area contributed by atoms with Gasteiger partial charge in [-0.2, -0.15) is 0 Å². The molecule has 1 heterocycles. The number of benzene rings is 2. The molecule has 3 rings (SSSR count). The third kappa shape index (κ3) is 3.13. The first-order valence-electron chi connectivity index (χ1n) is 8.36. The van der Waals surface area contributed by atoms with E-state index >= 15 is 0 Å². The molecule has 0 aliphatic heterocycles. The molecule has 4 heteroatoms. The quantitative estimate of drug-likeness (QED) is 0.671. The highest BCUT2D eigenvalue weighted by atomic mass is 16.1. The van der Waals surface area contributed by atoms with Crippen molar-refractivity contribution in [1.29, 1.82) is 0 Å². The van der Waals surface area contributed by atoms with E-state index in [1.807, 2.05) is 59.3 Å². The van der Waals surface area contributed by atoms with Crippen molar-refractivity contribution in [3.8, 4) is 0 Å². The number of aromatic nitrogens is 2. The van der Waals surface area contributed by atoms with Crippen LogP contribution in [0, 0.1) is 0 Å². The van der Waals surface area contributed by atoms with Crippen molar-refractivity contribution in [1.82, 2.24) is 9.36 Å². The van der Waals surface area contributed by atoms with Crippen LogP contribution in [0.2, 0.25) is 0 Å². The molecule has 0 aliphatic carbocycles. The van der Waals surface area contributed by atoms with E-state index in [0.717, 1.165) is 35.1 Å². The van der Waals surface area contributed by atoms with Gasteiger partial charge in [0.05, 0.1) is 24.0 Å². The number of nitrogens with zero attached hydrogens (tertiary/aromatic N) is 2. The van der Waals surface area contributed by atoms with Crippen molar-refractivity contribution < 1.29 is 0 Å². The molecular weight excluding hydrogens is 298 g/mol. The van der Waals surface area contributed by atoms with E-state index in [2.05, 4.69) is 18.8 Å². The molecule has 0 saturated carbocycles. The van der Waals surface area contributed by atoms with E-state index in [1.165, 1.54) is 0 Å². The maximum atomic E-state index is 12.9. The lowest BCUT2D eigenvalue weighted by Gasteiger charge is -2.11. The number of hydrogen-bond acceptors (Lipinski definition) is 2. The SMILES string of the molecule is C=CCn1c2ccc(NCCC)cc2c(=O)n1Cc1ccccc1. The zero-order valence-electron chi connectivity index (χ0n) is 14.0. The highest BCUT2D eigenvalue weighted by Crippen LogP contribution is 2.18. The fourth-order valence-electron chi connectivity index (χ4n) is 2.92. The molecule has 0 atom stereocenters. The van der Waals surface area contributed by atoms with Gasteiger partial charge in [0.15, 0.2) is 0 Å². The van der Waals surface area contributed by atoms with Crippen LogP contribution in [0.15, 0.2) is 66.0 Å². The Bertz CT molecular complexity index is 890. The summed E-state index contributed by atoms with van der Waals surface area (Å²) in [6, 6.07) is 16.0. The van der Waals surface area contributed by atoms with Gasteiger partial charge in [-0.1, -0.05) is 43.3 Å². The molecule has 3 aromatic rings. The topological polar surface area (TPSA) is 39.0 Å². The van der Waals surface area contributed by atoms with Crippen LogP contribution in [0.5, 0.6) is 0 Å². The molecule has 0 bridgehead atoms. The van der Waals surface area contributed by atoms with Crippen LogP contribution in [-0.2, 0) is 13.1 Å². The van der Waals surface area contributed by atoms with E-state index in [4.69, 9.17) is 0 Å². The minimum Gasteiger partial charge on any atom is -0.385 e. The normalized spacial score (nSPS) is 10.9. The van der Waals surface area contributed by atoms with Gasteiger partial charge in [-0.15, -0.1) is 6.58 Å². The molecule has 1 N–H and O–H groups in total. The summed E-state index contributed by atoms with van der Waals surface area (Å²) in [5.41, 5.74) is 3.08. The fourth-order valence-corrected chi connectivity index (χ4v) is 2.92. The summed E-state index contributed by atoms with van der Waals surface area (Å²) in [6.45, 7) is 8.01. The second-order valence-corrected chi connectivity index (χ2v) is 5.88. The molecule has 4 nitrogen and oxygen atoms in total. The largest absolute Gasteiger partial charge is 0.385 e. The monoisotopic (exact) mass is 321 g/mol. The molecular formula is C20H23N3O. The zero-order chi connectivity index (χ0) is 16.9. The smallest absolute Gasteiger partial charge is 0.274 e. The van der Waals surface area contributed by atoms with Crippen LogP contribution >= 0.6 is 0 Å². The van der Waals surface area contributed by atoms with Crippen molar-refractivity contribution >= 4 is 16.6 Å². The maximum absolute atomic E-state index is 12.9. The van der Waals surface area contributed by atoms with E-state index in [1.54, 1.807) is 4.68 Å². The van der Waals surface area contributed by atoms with Gasteiger partial charge >= 0.3 is 0 Å². The number of hydrogen-bond donors (Lipinski definition) is 1. The summed E-state index contributed by atoms with van der Waals surface area (Å²) in [5.74, 6) is 0. The van der Waals surface area contributed by atoms with E-state index in [0.29, 0.717) is 13.1 Å². The maximum Gasteiger partial charge on any atom is 0.274 e. The molecule has 0 spiro atoms. The second-order valence-electron chi connectivity index (χ2n) is 5.88. The molecule has 124 valence electrons. The van der Waals surface area contributed by atoms with Gasteiger partial charge in [0, 0.05) is 12.2 Å². The lowest BCUT2D eigenvalue weighted by atomic mass is 10.2.